The van der Waals surface area contributed by atoms with Gasteiger partial charge in [-0.25, -0.2) is 14.4 Å². The highest BCUT2D eigenvalue weighted by Gasteiger charge is 2.29. The molecule has 0 unspecified atom stereocenters. The molecule has 84 heavy (non-hydrogen) atoms. The lowest BCUT2D eigenvalue weighted by atomic mass is 9.84. The second-order valence-electron chi connectivity index (χ2n) is 17.3. The third-order valence-electron chi connectivity index (χ3n) is 10.5. The van der Waals surface area contributed by atoms with Gasteiger partial charge in [-0.15, -0.1) is 0 Å². The smallest absolute Gasteiger partial charge is 0.317 e. The van der Waals surface area contributed by atoms with E-state index in [0.717, 1.165) is 49.0 Å². The van der Waals surface area contributed by atoms with E-state index in [1.807, 2.05) is 0 Å². The van der Waals surface area contributed by atoms with Crippen LogP contribution in [0.5, 0.6) is 0 Å². The summed E-state index contributed by atoms with van der Waals surface area (Å²) < 4.78 is 599. The predicted octanol–water partition coefficient (Wildman–Crippen LogP) is 12.0. The van der Waals surface area contributed by atoms with Crippen LogP contribution in [0.3, 0.4) is 0 Å². The molecular weight excluding hydrogens is 1120 g/mol. The molecule has 3 heterocycles. The molecule has 9 rings (SSSR count). The van der Waals surface area contributed by atoms with Gasteiger partial charge in [0.15, 0.2) is 0 Å². The van der Waals surface area contributed by atoms with E-state index in [0.29, 0.717) is 16.8 Å². The Morgan fingerprint density at radius 1 is 0.488 bits per heavy atom. The van der Waals surface area contributed by atoms with Crippen molar-refractivity contribution in [2.24, 2.45) is 17.7 Å². The van der Waals surface area contributed by atoms with Crippen molar-refractivity contribution in [3.63, 3.8) is 0 Å². The van der Waals surface area contributed by atoms with Gasteiger partial charge in [0.1, 0.15) is 0 Å². The van der Waals surface area contributed by atoms with Crippen molar-refractivity contribution in [3.8, 4) is 0 Å². The van der Waals surface area contributed by atoms with Crippen LogP contribution in [-0.4, -0.2) is 205 Å². The lowest BCUT2D eigenvalue weighted by Crippen LogP contribution is -2.47. The van der Waals surface area contributed by atoms with Crippen LogP contribution in [0.4, 0.5) is 31.4 Å². The second kappa shape index (κ2) is 33.7. The van der Waals surface area contributed by atoms with E-state index in [2.05, 4.69) is 0 Å². The van der Waals surface area contributed by atoms with E-state index < -0.39 is 350 Å². The minimum Gasteiger partial charge on any atom is -0.368 e. The molecule has 3 saturated carbocycles. The van der Waals surface area contributed by atoms with E-state index in [9.17, 15) is 14.4 Å². The van der Waals surface area contributed by atoms with Crippen LogP contribution in [0, 0.1) is 38.5 Å². The predicted molar refractivity (Wildman–Crippen MR) is 352 cm³/mol. The van der Waals surface area contributed by atoms with E-state index in [1.165, 1.54) is 5.32 Å². The van der Waals surface area contributed by atoms with Gasteiger partial charge < -0.3 is 45.3 Å². The van der Waals surface area contributed by atoms with Crippen LogP contribution in [0.2, 0.25) is 15.1 Å². The molecule has 0 radical (unpaired) electrons. The topological polar surface area (TPSA) is 116 Å². The molecule has 468 valence electrons. The highest BCUT2D eigenvalue weighted by molar-refractivity contribution is 6.34. The van der Waals surface area contributed by atoms with Gasteiger partial charge in [0, 0.05) is 201 Å². The van der Waals surface area contributed by atoms with Gasteiger partial charge in [0.2, 0.25) is 0 Å². The molecule has 3 aromatic rings. The first kappa shape index (κ1) is 20.3. The molecule has 3 aliphatic carbocycles. The average Bonchev–Trinajstić information content (AvgIpc) is 0.653. The maximum Gasteiger partial charge on any atom is 0.317 e. The van der Waals surface area contributed by atoms with Crippen LogP contribution >= 0.6 is 34.8 Å². The van der Waals surface area contributed by atoms with E-state index in [4.69, 9.17) is 131 Å². The Bertz CT molecular complexity index is 5710. The van der Waals surface area contributed by atoms with E-state index in [1.54, 1.807) is 10.6 Å². The number of hydrogen-bond donors (Lipinski definition) is 3. The fourth-order valence-corrected chi connectivity index (χ4v) is 6.47. The summed E-state index contributed by atoms with van der Waals surface area (Å²) in [5.41, 5.74) is -4.03. The van der Waals surface area contributed by atoms with Crippen molar-refractivity contribution >= 4 is 70.0 Å². The normalized spacial score (nSPS) is 55.9. The van der Waals surface area contributed by atoms with Crippen molar-refractivity contribution in [1.29, 1.82) is 0 Å². The van der Waals surface area contributed by atoms with Gasteiger partial charge in [-0.3, -0.25) is 14.7 Å². The first-order valence-electron chi connectivity index (χ1n) is 59.2. The lowest BCUT2D eigenvalue weighted by molar-refractivity contribution is 0.194. The van der Waals surface area contributed by atoms with Crippen molar-refractivity contribution in [2.75, 3.05) is 154 Å². The highest BCUT2D eigenvalue weighted by atomic mass is 35.5. The quantitative estimate of drug-likeness (QED) is 0.137. The van der Waals surface area contributed by atoms with Crippen LogP contribution in [0.1, 0.15) is 208 Å². The summed E-state index contributed by atoms with van der Waals surface area (Å²) in [4.78, 5) is 37.0. The Morgan fingerprint density at radius 2 is 0.810 bits per heavy atom. The first-order chi connectivity index (χ1) is 67.1. The van der Waals surface area contributed by atoms with Crippen LogP contribution < -0.4 is 30.7 Å². The Kier molecular flexibility index (Phi) is 8.14. The zero-order valence-electron chi connectivity index (χ0n) is 116. The number of rotatable bonds is 15. The number of anilines is 3. The number of carbonyl (C=O) groups excluding carboxylic acids is 3. The monoisotopic (exact) mass is 1290 g/mol. The molecule has 3 aliphatic heterocycles. The number of benzene rings is 3. The third kappa shape index (κ3) is 20.6. The number of hydrogen-bond acceptors (Lipinski definition) is 9. The number of piperazine rings is 3. The number of urea groups is 3. The van der Waals surface area contributed by atoms with Crippen LogP contribution in [0.25, 0.3) is 0 Å². The van der Waals surface area contributed by atoms with Gasteiger partial charge in [-0.05, 0) is 189 Å². The largest absolute Gasteiger partial charge is 0.368 e. The minimum atomic E-state index is -4.46. The minimum absolute atomic E-state index is 0.0703. The standard InChI is InChI=1S/3C22H35ClN4O/c3*1-17-5-4-6-20(21(17)23)27-15-13-26(14-16-27)12-11-18-7-9-19(10-8-18)24-22(28)25(2)3/h3*4-6,18-19H,7-16H2,1-3H3,(H,24,28)/i4D,5D,6D,7D2,8D2,9D2,10D2,12D2,13D2,14D2,15D2,16D2,18D,19D;4D,5D,6D,7D2,8D2,9D2,10D2,11D2,13D2,14D2,15D2,16D2,18D,19D;2D3,4D,5D,6D,7D2,8D2,9D2,10D2,13D2,14D2,15D2,16D2,18D,19D. The summed E-state index contributed by atoms with van der Waals surface area (Å²) in [5, 5.41) is 2.42. The van der Waals surface area contributed by atoms with Gasteiger partial charge >= 0.3 is 18.1 Å². The molecule has 3 saturated heterocycles. The zero-order valence-corrected chi connectivity index (χ0v) is 48.0. The maximum atomic E-state index is 12.7. The summed E-state index contributed by atoms with van der Waals surface area (Å²) in [5.74, 6) is -12.4. The van der Waals surface area contributed by atoms with Crippen molar-refractivity contribution in [1.82, 2.24) is 45.3 Å². The van der Waals surface area contributed by atoms with Crippen LogP contribution in [0.15, 0.2) is 54.4 Å². The summed E-state index contributed by atoms with van der Waals surface area (Å²) in [6, 6.07) is -24.4. The fourth-order valence-electron chi connectivity index (χ4n) is 5.94. The summed E-state index contributed by atoms with van der Waals surface area (Å²) >= 11 is 18.8. The summed E-state index contributed by atoms with van der Waals surface area (Å²) in [6.45, 7) is -55.2. The maximum absolute atomic E-state index is 12.7. The molecule has 0 aromatic heterocycles. The first-order valence-corrected chi connectivity index (χ1v) is 25.3. The number of nitrogens with one attached hydrogen (secondary N) is 3. The molecule has 0 spiro atoms. The summed E-state index contributed by atoms with van der Waals surface area (Å²) in [6.07, 6.45) is -58.5. The van der Waals surface area contributed by atoms with Gasteiger partial charge in [0.05, 0.1) is 65.0 Å². The van der Waals surface area contributed by atoms with Gasteiger partial charge in [-0.2, -0.15) is 0 Å². The molecule has 0 atom stereocenters. The SMILES string of the molecule is [2H]c1c([2H])c(C)c(Cl)c(N2C([2H])([2H])C([2H])([2H])N(C([2H])([2H])CC3([2H])C([2H])([2H])C([2H])([2H])C([2H])(NC(=O)N(C)C)C([2H])([2H])C3([2H])[2H])C([2H])([2H])C2([2H])[2H])c1[2H].[2H]c1c([2H])c(C)c(Cl)c(N2C([2H])([2H])C([2H])([2H])N(CC([2H])([2H])C3([2H])C([2H])([2H])C([2H])([2H])C([2H])(NC(=O)N(C)C)C([2H])([2H])C3([2H])[2H])C([2H])([2H])C2([2H])[2H])c1[2H].[2H]c1c([2H])c(C)c(Cl)c(N2C([2H])([2H])C([2H])([2H])N(CCC3([2H])C([2H])([2H])C([2H])([2H])C([2H])(NC(=O)N(C)C([2H])([2H])[2H])C([2H])([2H])C3([2H])[2H])C([2H])([2H])C2([2H])[2H])c1[2H]. The Labute approximate surface area is 619 Å². The lowest BCUT2D eigenvalue weighted by Gasteiger charge is -2.37. The number of halogens is 3. The molecule has 6 aliphatic rings. The Balaban J connectivity index is 0.000000312. The van der Waals surface area contributed by atoms with Crippen LogP contribution in [-0.2, 0) is 0 Å². The van der Waals surface area contributed by atoms with Gasteiger partial charge in [0.25, 0.3) is 0 Å². The number of amides is 6. The molecule has 15 nitrogen and oxygen atoms in total. The van der Waals surface area contributed by atoms with Crippen molar-refractivity contribution in [3.05, 3.63) is 86.1 Å². The molecule has 3 aromatic carbocycles. The molecule has 3 N–H and O–H groups in total. The molecule has 0 bridgehead atoms. The highest BCUT2D eigenvalue weighted by Crippen LogP contribution is 2.34. The van der Waals surface area contributed by atoms with Gasteiger partial charge in [-0.1, -0.05) is 71.1 Å². The Morgan fingerprint density at radius 3 is 1.17 bits per heavy atom. The molecule has 6 amide bonds. The average molecular weight is 1290 g/mol. The molecular formula is C66H105Cl3N12O3. The fraction of sp³-hybridized carbons (Fsp3) is 0.682. The molecule has 6 fully saturated rings. The van der Waals surface area contributed by atoms with E-state index >= 15 is 0 Å². The number of nitrogens with zero attached hydrogens (tertiary/aromatic N) is 9. The van der Waals surface area contributed by atoms with Crippen molar-refractivity contribution < 1.29 is 110 Å². The Hall–Kier alpha value is -4.38. The second-order valence-corrected chi connectivity index (χ2v) is 18.4. The molecule has 18 heteroatoms. The third-order valence-corrected chi connectivity index (χ3v) is 11.9. The number of carbonyl (C=O) groups is 3. The van der Waals surface area contributed by atoms with Crippen molar-refractivity contribution in [2.45, 2.75) is 135 Å². The summed E-state index contributed by atoms with van der Waals surface area (Å²) in [7, 11) is 4.94. The van der Waals surface area contributed by atoms with E-state index in [-0.39, 0.29) is 41.2 Å². The zero-order chi connectivity index (χ0) is 123.